The highest BCUT2D eigenvalue weighted by Crippen LogP contribution is 2.31. The Morgan fingerprint density at radius 1 is 1.10 bits per heavy atom. The summed E-state index contributed by atoms with van der Waals surface area (Å²) < 4.78 is 0. The van der Waals surface area contributed by atoms with E-state index in [0.29, 0.717) is 12.5 Å². The molecule has 1 saturated carbocycles. The van der Waals surface area contributed by atoms with Crippen LogP contribution in [0.4, 0.5) is 5.69 Å². The van der Waals surface area contributed by atoms with E-state index in [4.69, 9.17) is 5.73 Å². The molecule has 0 aromatic heterocycles. The van der Waals surface area contributed by atoms with Crippen LogP contribution >= 0.6 is 0 Å². The van der Waals surface area contributed by atoms with Gasteiger partial charge in [-0.15, -0.1) is 0 Å². The molecule has 3 N–H and O–H groups in total. The van der Waals surface area contributed by atoms with Gasteiger partial charge < -0.3 is 11.1 Å². The molecule has 0 saturated heterocycles. The number of nitrogens with two attached hydrogens (primary N) is 1. The molecule has 2 aromatic carbocycles. The Morgan fingerprint density at radius 2 is 1.86 bits per heavy atom. The maximum absolute atomic E-state index is 12.6. The fourth-order valence-corrected chi connectivity index (χ4v) is 3.39. The summed E-state index contributed by atoms with van der Waals surface area (Å²) in [6.45, 7) is 0.605. The number of amides is 1. The van der Waals surface area contributed by atoms with Gasteiger partial charge in [0.1, 0.15) is 0 Å². The summed E-state index contributed by atoms with van der Waals surface area (Å²) in [5.74, 6) is 0.512. The van der Waals surface area contributed by atoms with Crippen molar-refractivity contribution in [2.45, 2.75) is 25.7 Å². The molecule has 3 rings (SSSR count). The van der Waals surface area contributed by atoms with E-state index in [1.807, 2.05) is 30.3 Å². The number of anilines is 1. The number of carbonyl (C=O) groups excluding carboxylic acids is 1. The standard InChI is InChI=1S/C18H22N2O/c19-12-14-7-2-4-10-16(14)18(21)20-17-11-5-8-13-6-1-3-9-15(13)17/h1,3,5-6,8-9,11,14,16H,2,4,7,10,12,19H2,(H,20,21). The van der Waals surface area contributed by atoms with Crippen molar-refractivity contribution in [3.8, 4) is 0 Å². The zero-order valence-corrected chi connectivity index (χ0v) is 12.2. The summed E-state index contributed by atoms with van der Waals surface area (Å²) >= 11 is 0. The molecule has 1 aliphatic carbocycles. The highest BCUT2D eigenvalue weighted by molar-refractivity contribution is 6.02. The fraction of sp³-hybridized carbons (Fsp3) is 0.389. The third kappa shape index (κ3) is 2.93. The number of carbonyl (C=O) groups is 1. The Labute approximate surface area is 125 Å². The van der Waals surface area contributed by atoms with Crippen LogP contribution < -0.4 is 11.1 Å². The second kappa shape index (κ2) is 6.27. The highest BCUT2D eigenvalue weighted by atomic mass is 16.1. The Balaban J connectivity index is 1.83. The molecule has 1 amide bonds. The molecule has 2 aromatic rings. The van der Waals surface area contributed by atoms with E-state index < -0.39 is 0 Å². The third-order valence-electron chi connectivity index (χ3n) is 4.60. The molecule has 0 aliphatic heterocycles. The summed E-state index contributed by atoms with van der Waals surface area (Å²) in [7, 11) is 0. The van der Waals surface area contributed by atoms with Gasteiger partial charge in [0.15, 0.2) is 0 Å². The van der Waals surface area contributed by atoms with Crippen LogP contribution in [0.25, 0.3) is 10.8 Å². The molecule has 1 fully saturated rings. The molecule has 1 aliphatic rings. The van der Waals surface area contributed by atoms with Crippen molar-refractivity contribution in [3.05, 3.63) is 42.5 Å². The average molecular weight is 282 g/mol. The predicted molar refractivity (Wildman–Crippen MR) is 87.1 cm³/mol. The van der Waals surface area contributed by atoms with Crippen molar-refractivity contribution in [2.24, 2.45) is 17.6 Å². The van der Waals surface area contributed by atoms with Gasteiger partial charge in [-0.05, 0) is 36.8 Å². The minimum atomic E-state index is 0.0581. The largest absolute Gasteiger partial charge is 0.330 e. The van der Waals surface area contributed by atoms with E-state index >= 15 is 0 Å². The van der Waals surface area contributed by atoms with Gasteiger partial charge in [-0.3, -0.25) is 4.79 Å². The Morgan fingerprint density at radius 3 is 2.71 bits per heavy atom. The lowest BCUT2D eigenvalue weighted by Gasteiger charge is -2.29. The minimum Gasteiger partial charge on any atom is -0.330 e. The number of nitrogens with one attached hydrogen (secondary N) is 1. The molecule has 2 atom stereocenters. The number of hydrogen-bond acceptors (Lipinski definition) is 2. The zero-order valence-electron chi connectivity index (χ0n) is 12.2. The maximum Gasteiger partial charge on any atom is 0.227 e. The van der Waals surface area contributed by atoms with Gasteiger partial charge in [0, 0.05) is 17.0 Å². The van der Waals surface area contributed by atoms with Crippen LogP contribution in [0.5, 0.6) is 0 Å². The van der Waals surface area contributed by atoms with Gasteiger partial charge in [0.25, 0.3) is 0 Å². The number of benzene rings is 2. The third-order valence-corrected chi connectivity index (χ3v) is 4.60. The van der Waals surface area contributed by atoms with Gasteiger partial charge >= 0.3 is 0 Å². The second-order valence-corrected chi connectivity index (χ2v) is 5.90. The molecule has 3 nitrogen and oxygen atoms in total. The van der Waals surface area contributed by atoms with Crippen LogP contribution in [-0.4, -0.2) is 12.5 Å². The Bertz CT molecular complexity index is 633. The second-order valence-electron chi connectivity index (χ2n) is 5.90. The van der Waals surface area contributed by atoms with Gasteiger partial charge in [0.2, 0.25) is 5.91 Å². The summed E-state index contributed by atoms with van der Waals surface area (Å²) in [5.41, 5.74) is 6.74. The van der Waals surface area contributed by atoms with Crippen molar-refractivity contribution >= 4 is 22.4 Å². The SMILES string of the molecule is NCC1CCCCC1C(=O)Nc1cccc2ccccc12. The minimum absolute atomic E-state index is 0.0581. The zero-order chi connectivity index (χ0) is 14.7. The quantitative estimate of drug-likeness (QED) is 0.904. The molecule has 0 bridgehead atoms. The van der Waals surface area contributed by atoms with Crippen LogP contribution in [0.1, 0.15) is 25.7 Å². The van der Waals surface area contributed by atoms with Crippen LogP contribution in [0.3, 0.4) is 0 Å². The molecular weight excluding hydrogens is 260 g/mol. The van der Waals surface area contributed by atoms with Crippen molar-refractivity contribution in [1.29, 1.82) is 0 Å². The van der Waals surface area contributed by atoms with Gasteiger partial charge in [-0.1, -0.05) is 49.2 Å². The first-order valence-corrected chi connectivity index (χ1v) is 7.78. The van der Waals surface area contributed by atoms with Crippen molar-refractivity contribution < 1.29 is 4.79 Å². The normalized spacial score (nSPS) is 22.1. The summed E-state index contributed by atoms with van der Waals surface area (Å²) in [6, 6.07) is 14.1. The molecular formula is C18H22N2O. The van der Waals surface area contributed by atoms with Crippen LogP contribution in [0.2, 0.25) is 0 Å². The van der Waals surface area contributed by atoms with Crippen LogP contribution in [-0.2, 0) is 4.79 Å². The molecule has 0 radical (unpaired) electrons. The van der Waals surface area contributed by atoms with E-state index in [2.05, 4.69) is 17.4 Å². The van der Waals surface area contributed by atoms with Gasteiger partial charge in [-0.25, -0.2) is 0 Å². The topological polar surface area (TPSA) is 55.1 Å². The first-order valence-electron chi connectivity index (χ1n) is 7.78. The first kappa shape index (κ1) is 14.1. The van der Waals surface area contributed by atoms with E-state index in [-0.39, 0.29) is 11.8 Å². The maximum atomic E-state index is 12.6. The lowest BCUT2D eigenvalue weighted by atomic mass is 9.78. The van der Waals surface area contributed by atoms with Crippen LogP contribution in [0, 0.1) is 11.8 Å². The summed E-state index contributed by atoms with van der Waals surface area (Å²) in [5, 5.41) is 5.36. The van der Waals surface area contributed by atoms with Crippen molar-refractivity contribution in [3.63, 3.8) is 0 Å². The molecule has 21 heavy (non-hydrogen) atoms. The fourth-order valence-electron chi connectivity index (χ4n) is 3.39. The summed E-state index contributed by atoms with van der Waals surface area (Å²) in [6.07, 6.45) is 4.35. The lowest BCUT2D eigenvalue weighted by molar-refractivity contribution is -0.122. The molecule has 3 heteroatoms. The van der Waals surface area contributed by atoms with E-state index in [0.717, 1.165) is 35.7 Å². The number of fused-ring (bicyclic) bond motifs is 1. The number of rotatable bonds is 3. The summed E-state index contributed by atoms with van der Waals surface area (Å²) in [4.78, 5) is 12.6. The van der Waals surface area contributed by atoms with Gasteiger partial charge in [-0.2, -0.15) is 0 Å². The van der Waals surface area contributed by atoms with Crippen molar-refractivity contribution in [2.75, 3.05) is 11.9 Å². The molecule has 0 spiro atoms. The van der Waals surface area contributed by atoms with Crippen molar-refractivity contribution in [1.82, 2.24) is 0 Å². The van der Waals surface area contributed by atoms with E-state index in [1.165, 1.54) is 6.42 Å². The smallest absolute Gasteiger partial charge is 0.227 e. The average Bonchev–Trinajstić information content (AvgIpc) is 2.55. The monoisotopic (exact) mass is 282 g/mol. The van der Waals surface area contributed by atoms with E-state index in [1.54, 1.807) is 0 Å². The van der Waals surface area contributed by atoms with Gasteiger partial charge in [0.05, 0.1) is 0 Å². The first-order chi connectivity index (χ1) is 10.3. The predicted octanol–water partition coefficient (Wildman–Crippen LogP) is 3.54. The lowest BCUT2D eigenvalue weighted by Crippen LogP contribution is -2.35. The Hall–Kier alpha value is -1.87. The molecule has 2 unspecified atom stereocenters. The number of hydrogen-bond donors (Lipinski definition) is 2. The Kier molecular flexibility index (Phi) is 4.20. The molecule has 0 heterocycles. The van der Waals surface area contributed by atoms with Crippen LogP contribution in [0.15, 0.2) is 42.5 Å². The van der Waals surface area contributed by atoms with E-state index in [9.17, 15) is 4.79 Å². The highest BCUT2D eigenvalue weighted by Gasteiger charge is 2.30. The molecule has 110 valence electrons.